The summed E-state index contributed by atoms with van der Waals surface area (Å²) < 4.78 is 0. The second kappa shape index (κ2) is 4.97. The minimum absolute atomic E-state index is 0.133. The number of hydrogen-bond acceptors (Lipinski definition) is 2. The van der Waals surface area contributed by atoms with E-state index in [9.17, 15) is 10.1 Å². The van der Waals surface area contributed by atoms with Gasteiger partial charge in [-0.05, 0) is 13.0 Å². The van der Waals surface area contributed by atoms with Crippen molar-refractivity contribution in [1.29, 1.82) is 0 Å². The molecule has 0 saturated carbocycles. The standard InChI is InChI=1S/C7H13NO2/c1-3-4-5-6-7(2)8(9)10/h2-6H2,1H3. The van der Waals surface area contributed by atoms with E-state index >= 15 is 0 Å². The van der Waals surface area contributed by atoms with E-state index in [1.165, 1.54) is 0 Å². The van der Waals surface area contributed by atoms with Gasteiger partial charge in [-0.3, -0.25) is 10.1 Å². The van der Waals surface area contributed by atoms with E-state index in [1.54, 1.807) is 0 Å². The summed E-state index contributed by atoms with van der Waals surface area (Å²) in [6, 6.07) is 0. The molecule has 58 valence electrons. The van der Waals surface area contributed by atoms with Crippen LogP contribution in [0.15, 0.2) is 12.3 Å². The molecule has 0 unspecified atom stereocenters. The number of nitro groups is 1. The van der Waals surface area contributed by atoms with Crippen LogP contribution in [-0.4, -0.2) is 4.92 Å². The molecule has 0 aliphatic rings. The van der Waals surface area contributed by atoms with Gasteiger partial charge in [0.15, 0.2) is 0 Å². The Morgan fingerprint density at radius 1 is 1.60 bits per heavy atom. The first-order valence-electron chi connectivity index (χ1n) is 3.50. The van der Waals surface area contributed by atoms with Crippen molar-refractivity contribution in [2.45, 2.75) is 32.6 Å². The Hall–Kier alpha value is -0.860. The van der Waals surface area contributed by atoms with Crippen molar-refractivity contribution in [3.05, 3.63) is 22.4 Å². The molecule has 10 heavy (non-hydrogen) atoms. The van der Waals surface area contributed by atoms with Gasteiger partial charge in [0.1, 0.15) is 0 Å². The highest BCUT2D eigenvalue weighted by molar-refractivity contribution is 4.79. The monoisotopic (exact) mass is 143 g/mol. The largest absolute Gasteiger partial charge is 0.259 e. The first-order chi connectivity index (χ1) is 4.68. The maximum absolute atomic E-state index is 10.00. The highest BCUT2D eigenvalue weighted by Gasteiger charge is 2.03. The van der Waals surface area contributed by atoms with Gasteiger partial charge in [-0.1, -0.05) is 19.8 Å². The predicted molar refractivity (Wildman–Crippen MR) is 40.3 cm³/mol. The van der Waals surface area contributed by atoms with Crippen LogP contribution < -0.4 is 0 Å². The van der Waals surface area contributed by atoms with Crippen molar-refractivity contribution in [3.8, 4) is 0 Å². The molecule has 0 radical (unpaired) electrons. The van der Waals surface area contributed by atoms with Gasteiger partial charge in [0.25, 0.3) is 0 Å². The number of unbranched alkanes of at least 4 members (excludes halogenated alkanes) is 2. The van der Waals surface area contributed by atoms with E-state index in [-0.39, 0.29) is 5.70 Å². The van der Waals surface area contributed by atoms with E-state index in [4.69, 9.17) is 0 Å². The predicted octanol–water partition coefficient (Wildman–Crippen LogP) is 2.36. The molecule has 0 rings (SSSR count). The van der Waals surface area contributed by atoms with E-state index in [0.29, 0.717) is 6.42 Å². The molecule has 0 aliphatic heterocycles. The molecule has 0 spiro atoms. The lowest BCUT2D eigenvalue weighted by Gasteiger charge is -1.94. The molecule has 0 aromatic rings. The average molecular weight is 143 g/mol. The summed E-state index contributed by atoms with van der Waals surface area (Å²) in [4.78, 5) is 9.59. The van der Waals surface area contributed by atoms with Gasteiger partial charge >= 0.3 is 0 Å². The molecule has 0 aromatic carbocycles. The molecule has 3 heteroatoms. The van der Waals surface area contributed by atoms with Crippen LogP contribution in [0.1, 0.15) is 32.6 Å². The smallest absolute Gasteiger partial charge is 0.239 e. The second-order valence-corrected chi connectivity index (χ2v) is 2.28. The number of allylic oxidation sites excluding steroid dienone is 1. The van der Waals surface area contributed by atoms with Crippen molar-refractivity contribution in [2.75, 3.05) is 0 Å². The van der Waals surface area contributed by atoms with Gasteiger partial charge in [0, 0.05) is 6.42 Å². The Balaban J connectivity index is 3.31. The Bertz CT molecular complexity index is 132. The van der Waals surface area contributed by atoms with Crippen LogP contribution in [0.4, 0.5) is 0 Å². The third-order valence-corrected chi connectivity index (χ3v) is 1.33. The number of rotatable bonds is 5. The van der Waals surface area contributed by atoms with Crippen LogP contribution in [0.2, 0.25) is 0 Å². The average Bonchev–Trinajstić information content (AvgIpc) is 1.88. The number of hydrogen-bond donors (Lipinski definition) is 0. The van der Waals surface area contributed by atoms with Crippen LogP contribution in [0.5, 0.6) is 0 Å². The summed E-state index contributed by atoms with van der Waals surface area (Å²) >= 11 is 0. The molecule has 0 N–H and O–H groups in total. The van der Waals surface area contributed by atoms with E-state index < -0.39 is 4.92 Å². The van der Waals surface area contributed by atoms with E-state index in [1.807, 2.05) is 0 Å². The molecule has 0 aromatic heterocycles. The Morgan fingerprint density at radius 2 is 2.20 bits per heavy atom. The van der Waals surface area contributed by atoms with Crippen molar-refractivity contribution in [3.63, 3.8) is 0 Å². The zero-order valence-electron chi connectivity index (χ0n) is 6.30. The summed E-state index contributed by atoms with van der Waals surface area (Å²) in [6.07, 6.45) is 3.55. The van der Waals surface area contributed by atoms with Crippen LogP contribution in [0, 0.1) is 10.1 Å². The third kappa shape index (κ3) is 4.06. The lowest BCUT2D eigenvalue weighted by molar-refractivity contribution is -0.427. The summed E-state index contributed by atoms with van der Waals surface area (Å²) in [5.74, 6) is 0. The van der Waals surface area contributed by atoms with Gasteiger partial charge in [0.05, 0.1) is 4.92 Å². The van der Waals surface area contributed by atoms with Crippen molar-refractivity contribution in [1.82, 2.24) is 0 Å². The minimum atomic E-state index is -0.407. The molecule has 3 nitrogen and oxygen atoms in total. The molecule has 0 saturated heterocycles. The van der Waals surface area contributed by atoms with Gasteiger partial charge in [-0.2, -0.15) is 0 Å². The quantitative estimate of drug-likeness (QED) is 0.337. The molecule has 0 amide bonds. The van der Waals surface area contributed by atoms with Crippen molar-refractivity contribution in [2.24, 2.45) is 0 Å². The highest BCUT2D eigenvalue weighted by atomic mass is 16.6. The van der Waals surface area contributed by atoms with Crippen LogP contribution in [-0.2, 0) is 0 Å². The second-order valence-electron chi connectivity index (χ2n) is 2.28. The normalized spacial score (nSPS) is 9.30. The minimum Gasteiger partial charge on any atom is -0.259 e. The maximum Gasteiger partial charge on any atom is 0.239 e. The lowest BCUT2D eigenvalue weighted by atomic mass is 10.2. The zero-order chi connectivity index (χ0) is 7.98. The fourth-order valence-electron chi connectivity index (χ4n) is 0.670. The first-order valence-corrected chi connectivity index (χ1v) is 3.50. The lowest BCUT2D eigenvalue weighted by Crippen LogP contribution is -1.95. The zero-order valence-corrected chi connectivity index (χ0v) is 6.30. The SMILES string of the molecule is C=C(CCCCC)[N+](=O)[O-]. The Kier molecular flexibility index (Phi) is 4.54. The van der Waals surface area contributed by atoms with E-state index in [0.717, 1.165) is 19.3 Å². The highest BCUT2D eigenvalue weighted by Crippen LogP contribution is 2.06. The van der Waals surface area contributed by atoms with Crippen molar-refractivity contribution < 1.29 is 4.92 Å². The first kappa shape index (κ1) is 9.14. The maximum atomic E-state index is 10.00. The van der Waals surface area contributed by atoms with Gasteiger partial charge in [0.2, 0.25) is 5.70 Å². The molecule has 0 aliphatic carbocycles. The Morgan fingerprint density at radius 3 is 2.60 bits per heavy atom. The topological polar surface area (TPSA) is 43.1 Å². The number of nitrogens with zero attached hydrogens (tertiary/aromatic N) is 1. The van der Waals surface area contributed by atoms with Gasteiger partial charge < -0.3 is 0 Å². The van der Waals surface area contributed by atoms with Gasteiger partial charge in [-0.15, -0.1) is 0 Å². The van der Waals surface area contributed by atoms with Crippen LogP contribution in [0.3, 0.4) is 0 Å². The summed E-state index contributed by atoms with van der Waals surface area (Å²) in [5, 5.41) is 10.00. The summed E-state index contributed by atoms with van der Waals surface area (Å²) in [7, 11) is 0. The molecular formula is C7H13NO2. The van der Waals surface area contributed by atoms with Crippen molar-refractivity contribution >= 4 is 0 Å². The van der Waals surface area contributed by atoms with Gasteiger partial charge in [-0.25, -0.2) is 0 Å². The third-order valence-electron chi connectivity index (χ3n) is 1.33. The Labute approximate surface area is 60.9 Å². The molecular weight excluding hydrogens is 130 g/mol. The molecule has 0 heterocycles. The van der Waals surface area contributed by atoms with Crippen LogP contribution >= 0.6 is 0 Å². The molecule has 0 fully saturated rings. The molecule has 0 bridgehead atoms. The van der Waals surface area contributed by atoms with E-state index in [2.05, 4.69) is 13.5 Å². The summed E-state index contributed by atoms with van der Waals surface area (Å²) in [5.41, 5.74) is 0.133. The van der Waals surface area contributed by atoms with Crippen LogP contribution in [0.25, 0.3) is 0 Å². The fourth-order valence-corrected chi connectivity index (χ4v) is 0.670. The molecule has 0 atom stereocenters. The fraction of sp³-hybridized carbons (Fsp3) is 0.714. The summed E-state index contributed by atoms with van der Waals surface area (Å²) in [6.45, 7) is 5.39.